The Balaban J connectivity index is 1.76. The lowest BCUT2D eigenvalue weighted by molar-refractivity contribution is 0.0965. The molecule has 1 N–H and O–H groups in total. The largest absolute Gasteiger partial charge is 0.391 e. The zero-order chi connectivity index (χ0) is 13.1. The second kappa shape index (κ2) is 4.06. The predicted molar refractivity (Wildman–Crippen MR) is 76.4 cm³/mol. The van der Waals surface area contributed by atoms with Crippen LogP contribution in [0, 0.1) is 17.8 Å². The molecule has 1 aromatic carbocycles. The van der Waals surface area contributed by atoms with Crippen molar-refractivity contribution in [3.63, 3.8) is 0 Å². The maximum atomic E-state index is 11.3. The molecule has 19 heavy (non-hydrogen) atoms. The fourth-order valence-electron chi connectivity index (χ4n) is 4.57. The summed E-state index contributed by atoms with van der Waals surface area (Å²) in [7, 11) is 0. The molecule has 0 radical (unpaired) electrons. The van der Waals surface area contributed by atoms with E-state index in [4.69, 9.17) is 0 Å². The molecule has 0 amide bonds. The molecule has 0 spiro atoms. The summed E-state index contributed by atoms with van der Waals surface area (Å²) in [6.45, 7) is 0.991. The number of carbonyl (C=O) groups excluding carboxylic acids is 1. The molecular weight excluding hydrogens is 306 g/mol. The highest BCUT2D eigenvalue weighted by Gasteiger charge is 2.59. The third-order valence-electron chi connectivity index (χ3n) is 5.27. The molecule has 4 rings (SSSR count). The topological polar surface area (TPSA) is 40.5 Å². The molecule has 3 fully saturated rings. The normalized spacial score (nSPS) is 39.1. The zero-order valence-corrected chi connectivity index (χ0v) is 12.1. The highest BCUT2D eigenvalue weighted by Crippen LogP contribution is 2.56. The number of rotatable bonds is 2. The van der Waals surface area contributed by atoms with Gasteiger partial charge in [-0.3, -0.25) is 4.79 Å². The first-order valence-corrected chi connectivity index (χ1v) is 7.68. The maximum absolute atomic E-state index is 11.3. The van der Waals surface area contributed by atoms with Crippen LogP contribution < -0.4 is 4.90 Å². The Morgan fingerprint density at radius 3 is 2.89 bits per heavy atom. The van der Waals surface area contributed by atoms with Crippen molar-refractivity contribution in [2.45, 2.75) is 25.0 Å². The van der Waals surface area contributed by atoms with E-state index in [-0.39, 0.29) is 12.1 Å². The lowest BCUT2D eigenvalue weighted by Crippen LogP contribution is -2.41. The number of benzene rings is 1. The second-order valence-corrected chi connectivity index (χ2v) is 7.03. The lowest BCUT2D eigenvalue weighted by Gasteiger charge is -2.31. The van der Waals surface area contributed by atoms with Gasteiger partial charge in [0.15, 0.2) is 6.29 Å². The van der Waals surface area contributed by atoms with E-state index in [2.05, 4.69) is 20.8 Å². The fourth-order valence-corrected chi connectivity index (χ4v) is 4.95. The summed E-state index contributed by atoms with van der Waals surface area (Å²) in [4.78, 5) is 13.6. The summed E-state index contributed by atoms with van der Waals surface area (Å²) in [5, 5.41) is 10.4. The van der Waals surface area contributed by atoms with Crippen LogP contribution in [0.4, 0.5) is 5.69 Å². The Bertz CT molecular complexity index is 545. The van der Waals surface area contributed by atoms with E-state index in [1.807, 2.05) is 18.2 Å². The average Bonchev–Trinajstić information content (AvgIpc) is 3.00. The van der Waals surface area contributed by atoms with E-state index in [9.17, 15) is 9.90 Å². The Hall–Kier alpha value is -0.870. The van der Waals surface area contributed by atoms with Crippen molar-refractivity contribution in [3.05, 3.63) is 28.2 Å². The minimum absolute atomic E-state index is 0.216. The monoisotopic (exact) mass is 321 g/mol. The Morgan fingerprint density at radius 2 is 2.16 bits per heavy atom. The molecule has 4 heteroatoms. The van der Waals surface area contributed by atoms with E-state index in [0.717, 1.165) is 29.4 Å². The minimum atomic E-state index is -0.216. The summed E-state index contributed by atoms with van der Waals surface area (Å²) in [5.41, 5.74) is 1.70. The summed E-state index contributed by atoms with van der Waals surface area (Å²) >= 11 is 3.41. The van der Waals surface area contributed by atoms with Crippen molar-refractivity contribution in [2.24, 2.45) is 17.8 Å². The molecule has 1 heterocycles. The molecule has 5 unspecified atom stereocenters. The third-order valence-corrected chi connectivity index (χ3v) is 5.77. The molecule has 100 valence electrons. The first kappa shape index (κ1) is 11.9. The second-order valence-electron chi connectivity index (χ2n) is 6.11. The zero-order valence-electron chi connectivity index (χ0n) is 10.5. The van der Waals surface area contributed by atoms with Crippen molar-refractivity contribution in [1.82, 2.24) is 0 Å². The number of carbonyl (C=O) groups is 1. The van der Waals surface area contributed by atoms with Crippen molar-refractivity contribution in [3.8, 4) is 0 Å². The summed E-state index contributed by atoms with van der Waals surface area (Å²) in [5.74, 6) is 1.82. The van der Waals surface area contributed by atoms with Crippen LogP contribution in [0.2, 0.25) is 0 Å². The Kier molecular flexibility index (Phi) is 2.55. The first-order valence-electron chi connectivity index (χ1n) is 6.88. The van der Waals surface area contributed by atoms with Crippen LogP contribution in [0.25, 0.3) is 0 Å². The number of aliphatic hydroxyl groups excluding tert-OH is 1. The first-order chi connectivity index (χ1) is 9.19. The highest BCUT2D eigenvalue weighted by atomic mass is 79.9. The van der Waals surface area contributed by atoms with Crippen LogP contribution in [0.3, 0.4) is 0 Å². The summed E-state index contributed by atoms with van der Waals surface area (Å²) in [6.07, 6.45) is 3.03. The molecule has 2 bridgehead atoms. The van der Waals surface area contributed by atoms with Gasteiger partial charge in [-0.15, -0.1) is 0 Å². The summed E-state index contributed by atoms with van der Waals surface area (Å²) < 4.78 is 0.922. The van der Waals surface area contributed by atoms with Gasteiger partial charge in [-0.1, -0.05) is 15.9 Å². The number of hydrogen-bond acceptors (Lipinski definition) is 3. The van der Waals surface area contributed by atoms with E-state index >= 15 is 0 Å². The number of aldehydes is 1. The highest BCUT2D eigenvalue weighted by molar-refractivity contribution is 9.10. The van der Waals surface area contributed by atoms with Gasteiger partial charge in [0.1, 0.15) is 0 Å². The van der Waals surface area contributed by atoms with E-state index in [1.165, 1.54) is 6.42 Å². The number of halogens is 1. The fraction of sp³-hybridized carbons (Fsp3) is 0.533. The van der Waals surface area contributed by atoms with Gasteiger partial charge >= 0.3 is 0 Å². The standard InChI is InChI=1S/C15H16BrNO2/c16-11-1-2-13(10(4-11)7-18)17-6-9-3-8-5-12(9)14(17)15(8)19/h1-2,4,7-9,12,14-15,19H,3,5-6H2. The van der Waals surface area contributed by atoms with Crippen molar-refractivity contribution in [1.29, 1.82) is 0 Å². The van der Waals surface area contributed by atoms with Crippen LogP contribution in [-0.4, -0.2) is 30.1 Å². The molecule has 1 saturated heterocycles. The van der Waals surface area contributed by atoms with Crippen LogP contribution in [0.15, 0.2) is 22.7 Å². The number of anilines is 1. The molecular formula is C15H16BrNO2. The van der Waals surface area contributed by atoms with Crippen molar-refractivity contribution < 1.29 is 9.90 Å². The maximum Gasteiger partial charge on any atom is 0.152 e. The van der Waals surface area contributed by atoms with Gasteiger partial charge in [-0.05, 0) is 48.8 Å². The molecule has 3 nitrogen and oxygen atoms in total. The van der Waals surface area contributed by atoms with Crippen molar-refractivity contribution in [2.75, 3.05) is 11.4 Å². The van der Waals surface area contributed by atoms with Crippen LogP contribution in [0.5, 0.6) is 0 Å². The van der Waals surface area contributed by atoms with Gasteiger partial charge in [0.05, 0.1) is 12.1 Å². The molecule has 1 aliphatic heterocycles. The van der Waals surface area contributed by atoms with Crippen LogP contribution >= 0.6 is 15.9 Å². The molecule has 0 aromatic heterocycles. The van der Waals surface area contributed by atoms with Crippen molar-refractivity contribution >= 4 is 27.9 Å². The minimum Gasteiger partial charge on any atom is -0.391 e. The SMILES string of the molecule is O=Cc1cc(Br)ccc1N1CC2CC3CC2C1C3O. The third kappa shape index (κ3) is 1.56. The molecule has 2 saturated carbocycles. The molecule has 1 aromatic rings. The van der Waals surface area contributed by atoms with Gasteiger partial charge in [-0.2, -0.15) is 0 Å². The number of hydrogen-bond donors (Lipinski definition) is 1. The lowest BCUT2D eigenvalue weighted by atomic mass is 9.88. The van der Waals surface area contributed by atoms with Gasteiger partial charge in [0.2, 0.25) is 0 Å². The average molecular weight is 322 g/mol. The quantitative estimate of drug-likeness (QED) is 0.851. The molecule has 5 atom stereocenters. The van der Waals surface area contributed by atoms with E-state index < -0.39 is 0 Å². The summed E-state index contributed by atoms with van der Waals surface area (Å²) in [6, 6.07) is 6.06. The number of nitrogens with zero attached hydrogens (tertiary/aromatic N) is 1. The van der Waals surface area contributed by atoms with Gasteiger partial charge in [0, 0.05) is 22.3 Å². The smallest absolute Gasteiger partial charge is 0.152 e. The van der Waals surface area contributed by atoms with E-state index in [1.54, 1.807) is 0 Å². The van der Waals surface area contributed by atoms with Crippen LogP contribution in [0.1, 0.15) is 23.2 Å². The molecule has 3 aliphatic rings. The van der Waals surface area contributed by atoms with Gasteiger partial charge in [0.25, 0.3) is 0 Å². The van der Waals surface area contributed by atoms with Gasteiger partial charge in [-0.25, -0.2) is 0 Å². The van der Waals surface area contributed by atoms with E-state index in [0.29, 0.717) is 23.3 Å². The number of fused-ring (bicyclic) bond motifs is 1. The van der Waals surface area contributed by atoms with Gasteiger partial charge < -0.3 is 10.0 Å². The Labute approximate surface area is 120 Å². The molecule has 2 aliphatic carbocycles. The Morgan fingerprint density at radius 1 is 1.32 bits per heavy atom. The van der Waals surface area contributed by atoms with Crippen LogP contribution in [-0.2, 0) is 0 Å². The number of aliphatic hydroxyl groups is 1. The predicted octanol–water partition coefficient (Wildman–Crippen LogP) is 2.47.